The highest BCUT2D eigenvalue weighted by Crippen LogP contribution is 2.32. The summed E-state index contributed by atoms with van der Waals surface area (Å²) < 4.78 is 12.1. The van der Waals surface area contributed by atoms with Crippen LogP contribution in [0.3, 0.4) is 0 Å². The number of nitrogens with zero attached hydrogens (tertiary/aromatic N) is 2. The van der Waals surface area contributed by atoms with Crippen molar-refractivity contribution in [3.05, 3.63) is 52.4 Å². The van der Waals surface area contributed by atoms with Crippen LogP contribution < -0.4 is 14.8 Å². The molecule has 0 unspecified atom stereocenters. The summed E-state index contributed by atoms with van der Waals surface area (Å²) >= 11 is 6.17. The maximum absolute atomic E-state index is 13.0. The highest BCUT2D eigenvalue weighted by atomic mass is 35.5. The number of carboxylic acids is 1. The lowest BCUT2D eigenvalue weighted by Gasteiger charge is -2.12. The van der Waals surface area contributed by atoms with E-state index in [1.54, 1.807) is 22.7 Å². The number of benzene rings is 1. The van der Waals surface area contributed by atoms with Crippen molar-refractivity contribution in [2.75, 3.05) is 19.5 Å². The van der Waals surface area contributed by atoms with Crippen molar-refractivity contribution in [2.45, 2.75) is 13.3 Å². The van der Waals surface area contributed by atoms with Crippen LogP contribution in [0, 0.1) is 0 Å². The molecule has 0 radical (unpaired) electrons. The number of rotatable bonds is 6. The van der Waals surface area contributed by atoms with Crippen LogP contribution in [-0.4, -0.2) is 40.6 Å². The Morgan fingerprint density at radius 2 is 1.96 bits per heavy atom. The summed E-state index contributed by atoms with van der Waals surface area (Å²) in [6.45, 7) is 1.89. The molecule has 8 nitrogen and oxygen atoms in total. The Hall–Kier alpha value is -3.26. The summed E-state index contributed by atoms with van der Waals surface area (Å²) in [5.74, 6) is -0.993. The van der Waals surface area contributed by atoms with Crippen LogP contribution in [-0.2, 0) is 6.42 Å². The molecule has 0 saturated carbocycles. The Bertz CT molecular complexity index is 1080. The van der Waals surface area contributed by atoms with Crippen LogP contribution in [0.2, 0.25) is 5.02 Å². The molecule has 3 rings (SSSR count). The fraction of sp³-hybridized carbons (Fsp3) is 0.211. The van der Waals surface area contributed by atoms with Crippen molar-refractivity contribution in [1.29, 1.82) is 0 Å². The number of aryl methyl sites for hydroxylation is 1. The topological polar surface area (TPSA) is 102 Å². The van der Waals surface area contributed by atoms with Crippen LogP contribution >= 0.6 is 11.6 Å². The van der Waals surface area contributed by atoms with Gasteiger partial charge in [-0.25, -0.2) is 9.78 Å². The number of hydrogen-bond acceptors (Lipinski definition) is 5. The second kappa shape index (κ2) is 7.77. The number of amides is 1. The Balaban J connectivity index is 2.06. The normalized spacial score (nSPS) is 10.7. The molecule has 0 saturated heterocycles. The smallest absolute Gasteiger partial charge is 0.339 e. The van der Waals surface area contributed by atoms with Gasteiger partial charge in [-0.1, -0.05) is 18.5 Å². The van der Waals surface area contributed by atoms with Crippen LogP contribution in [0.5, 0.6) is 11.5 Å². The van der Waals surface area contributed by atoms with Crippen LogP contribution in [0.1, 0.15) is 33.5 Å². The van der Waals surface area contributed by atoms with E-state index in [0.29, 0.717) is 29.2 Å². The number of ether oxygens (including phenoxy) is 2. The second-order valence-corrected chi connectivity index (χ2v) is 6.23. The van der Waals surface area contributed by atoms with Gasteiger partial charge in [0.15, 0.2) is 11.4 Å². The van der Waals surface area contributed by atoms with Crippen LogP contribution in [0.25, 0.3) is 5.65 Å². The SMILES string of the molecule is CCc1nc2c(OC)cccn2c1C(=O)Nc1cc(OC)c(C(=O)O)cc1Cl. The molecule has 0 aliphatic rings. The zero-order chi connectivity index (χ0) is 20.4. The number of fused-ring (bicyclic) bond motifs is 1. The molecule has 3 aromatic rings. The average Bonchev–Trinajstić information content (AvgIpc) is 3.07. The molecule has 1 aromatic carbocycles. The van der Waals surface area contributed by atoms with Gasteiger partial charge < -0.3 is 19.9 Å². The summed E-state index contributed by atoms with van der Waals surface area (Å²) in [5, 5.41) is 12.0. The first kappa shape index (κ1) is 19.5. The number of nitrogens with one attached hydrogen (secondary N) is 1. The first-order chi connectivity index (χ1) is 13.4. The standard InChI is InChI=1S/C19H18ClN3O5/c1-4-12-16(23-7-5-6-14(27-2)17(23)21-12)18(24)22-13-9-15(28-3)10(19(25)26)8-11(13)20/h5-9H,4H2,1-3H3,(H,22,24)(H,25,26). The molecular formula is C19H18ClN3O5. The van der Waals surface area contributed by atoms with E-state index in [2.05, 4.69) is 10.3 Å². The molecule has 0 atom stereocenters. The molecule has 0 bridgehead atoms. The van der Waals surface area contributed by atoms with Crippen molar-refractivity contribution in [1.82, 2.24) is 9.38 Å². The fourth-order valence-electron chi connectivity index (χ4n) is 2.90. The Morgan fingerprint density at radius 3 is 2.57 bits per heavy atom. The van der Waals surface area contributed by atoms with Gasteiger partial charge in [0.05, 0.1) is 30.6 Å². The number of anilines is 1. The van der Waals surface area contributed by atoms with E-state index in [-0.39, 0.29) is 22.0 Å². The maximum atomic E-state index is 13.0. The molecule has 2 N–H and O–H groups in total. The number of methoxy groups -OCH3 is 2. The van der Waals surface area contributed by atoms with Crippen molar-refractivity contribution in [3.63, 3.8) is 0 Å². The van der Waals surface area contributed by atoms with Crippen molar-refractivity contribution >= 4 is 34.8 Å². The van der Waals surface area contributed by atoms with E-state index in [4.69, 9.17) is 21.1 Å². The number of imidazole rings is 1. The lowest BCUT2D eigenvalue weighted by atomic mass is 10.1. The molecule has 0 fully saturated rings. The van der Waals surface area contributed by atoms with Gasteiger partial charge >= 0.3 is 5.97 Å². The largest absolute Gasteiger partial charge is 0.496 e. The molecule has 28 heavy (non-hydrogen) atoms. The Labute approximate surface area is 165 Å². The van der Waals surface area contributed by atoms with Gasteiger partial charge in [-0.2, -0.15) is 0 Å². The summed E-state index contributed by atoms with van der Waals surface area (Å²) in [7, 11) is 2.87. The zero-order valence-corrected chi connectivity index (χ0v) is 16.2. The minimum Gasteiger partial charge on any atom is -0.496 e. The van der Waals surface area contributed by atoms with Gasteiger partial charge in [0.1, 0.15) is 17.0 Å². The van der Waals surface area contributed by atoms with Gasteiger partial charge in [0.2, 0.25) is 0 Å². The number of halogens is 1. The van der Waals surface area contributed by atoms with Gasteiger partial charge in [0.25, 0.3) is 5.91 Å². The van der Waals surface area contributed by atoms with Gasteiger partial charge in [-0.15, -0.1) is 0 Å². The van der Waals surface area contributed by atoms with Gasteiger partial charge in [-0.3, -0.25) is 9.20 Å². The number of carbonyl (C=O) groups excluding carboxylic acids is 1. The maximum Gasteiger partial charge on any atom is 0.339 e. The Morgan fingerprint density at radius 1 is 1.25 bits per heavy atom. The summed E-state index contributed by atoms with van der Waals surface area (Å²) in [4.78, 5) is 28.8. The minimum absolute atomic E-state index is 0.0796. The zero-order valence-electron chi connectivity index (χ0n) is 15.4. The predicted molar refractivity (Wildman–Crippen MR) is 104 cm³/mol. The lowest BCUT2D eigenvalue weighted by molar-refractivity contribution is 0.0693. The average molecular weight is 404 g/mol. The summed E-state index contributed by atoms with van der Waals surface area (Å²) in [6.07, 6.45) is 2.25. The van der Waals surface area contributed by atoms with E-state index >= 15 is 0 Å². The number of aromatic nitrogens is 2. The molecule has 2 heterocycles. The highest BCUT2D eigenvalue weighted by Gasteiger charge is 2.22. The van der Waals surface area contributed by atoms with E-state index in [1.165, 1.54) is 26.4 Å². The fourth-order valence-corrected chi connectivity index (χ4v) is 3.11. The molecule has 0 aliphatic carbocycles. The highest BCUT2D eigenvalue weighted by molar-refractivity contribution is 6.34. The molecule has 0 aliphatic heterocycles. The monoisotopic (exact) mass is 403 g/mol. The third kappa shape index (κ3) is 3.34. The first-order valence-corrected chi connectivity index (χ1v) is 8.75. The third-order valence-corrected chi connectivity index (χ3v) is 4.54. The first-order valence-electron chi connectivity index (χ1n) is 8.37. The molecule has 0 spiro atoms. The minimum atomic E-state index is -1.18. The van der Waals surface area contributed by atoms with E-state index in [0.717, 1.165) is 0 Å². The summed E-state index contributed by atoms with van der Waals surface area (Å²) in [6, 6.07) is 6.12. The molecule has 1 amide bonds. The predicted octanol–water partition coefficient (Wildman–Crippen LogP) is 3.52. The number of aromatic carboxylic acids is 1. The van der Waals surface area contributed by atoms with Crippen molar-refractivity contribution in [2.24, 2.45) is 0 Å². The quantitative estimate of drug-likeness (QED) is 0.652. The number of hydrogen-bond donors (Lipinski definition) is 2. The van der Waals surface area contributed by atoms with Gasteiger partial charge in [-0.05, 0) is 24.6 Å². The number of carbonyl (C=O) groups is 2. The van der Waals surface area contributed by atoms with Gasteiger partial charge in [0, 0.05) is 12.3 Å². The second-order valence-electron chi connectivity index (χ2n) is 5.82. The van der Waals surface area contributed by atoms with Crippen LogP contribution in [0.4, 0.5) is 5.69 Å². The molecular weight excluding hydrogens is 386 g/mol. The van der Waals surface area contributed by atoms with E-state index in [1.807, 2.05) is 6.92 Å². The van der Waals surface area contributed by atoms with Crippen molar-refractivity contribution in [3.8, 4) is 11.5 Å². The number of carboxylic acid groups (broad SMARTS) is 1. The van der Waals surface area contributed by atoms with E-state index in [9.17, 15) is 14.7 Å². The Kier molecular flexibility index (Phi) is 5.41. The lowest BCUT2D eigenvalue weighted by Crippen LogP contribution is -2.17. The van der Waals surface area contributed by atoms with Crippen molar-refractivity contribution < 1.29 is 24.2 Å². The van der Waals surface area contributed by atoms with Crippen LogP contribution in [0.15, 0.2) is 30.5 Å². The number of pyridine rings is 1. The molecule has 9 heteroatoms. The summed E-state index contributed by atoms with van der Waals surface area (Å²) in [5.41, 5.74) is 1.59. The van der Waals surface area contributed by atoms with E-state index < -0.39 is 11.9 Å². The molecule has 146 valence electrons. The molecule has 2 aromatic heterocycles. The third-order valence-electron chi connectivity index (χ3n) is 4.22.